The van der Waals surface area contributed by atoms with Crippen LogP contribution < -0.4 is 5.73 Å². The van der Waals surface area contributed by atoms with Gasteiger partial charge in [-0.2, -0.15) is 0 Å². The molecular formula is C13H27N. The van der Waals surface area contributed by atoms with Crippen molar-refractivity contribution in [1.82, 2.24) is 0 Å². The molecule has 1 heteroatoms. The van der Waals surface area contributed by atoms with E-state index in [0.29, 0.717) is 16.9 Å². The van der Waals surface area contributed by atoms with E-state index in [9.17, 15) is 0 Å². The van der Waals surface area contributed by atoms with E-state index in [-0.39, 0.29) is 0 Å². The summed E-state index contributed by atoms with van der Waals surface area (Å²) < 4.78 is 0. The quantitative estimate of drug-likeness (QED) is 0.719. The molecule has 0 spiro atoms. The Hall–Kier alpha value is -0.0400. The SMILES string of the molecule is CC(N)CC1CC(C)(C)CC(C)(C)C1. The molecule has 14 heavy (non-hydrogen) atoms. The first-order valence-corrected chi connectivity index (χ1v) is 5.96. The lowest BCUT2D eigenvalue weighted by molar-refractivity contribution is 0.0616. The molecule has 0 aromatic rings. The van der Waals surface area contributed by atoms with Crippen LogP contribution >= 0.6 is 0 Å². The van der Waals surface area contributed by atoms with Crippen LogP contribution in [0.3, 0.4) is 0 Å². The lowest BCUT2D eigenvalue weighted by atomic mass is 9.60. The van der Waals surface area contributed by atoms with Crippen LogP contribution in [0.25, 0.3) is 0 Å². The van der Waals surface area contributed by atoms with Crippen molar-refractivity contribution in [3.05, 3.63) is 0 Å². The molecular weight excluding hydrogens is 170 g/mol. The van der Waals surface area contributed by atoms with Crippen LogP contribution in [0.5, 0.6) is 0 Å². The fourth-order valence-electron chi connectivity index (χ4n) is 3.77. The summed E-state index contributed by atoms with van der Waals surface area (Å²) in [6.07, 6.45) is 5.28. The summed E-state index contributed by atoms with van der Waals surface area (Å²) in [6, 6.07) is 0.365. The van der Waals surface area contributed by atoms with Gasteiger partial charge in [0.05, 0.1) is 0 Å². The number of hydrogen-bond acceptors (Lipinski definition) is 1. The maximum absolute atomic E-state index is 5.90. The van der Waals surface area contributed by atoms with Crippen molar-refractivity contribution in [3.8, 4) is 0 Å². The molecule has 0 aromatic heterocycles. The minimum absolute atomic E-state index is 0.365. The van der Waals surface area contributed by atoms with E-state index in [4.69, 9.17) is 5.73 Å². The Labute approximate surface area is 89.5 Å². The summed E-state index contributed by atoms with van der Waals surface area (Å²) in [5, 5.41) is 0. The fourth-order valence-corrected chi connectivity index (χ4v) is 3.77. The van der Waals surface area contributed by atoms with Crippen LogP contribution in [0, 0.1) is 16.7 Å². The van der Waals surface area contributed by atoms with Gasteiger partial charge in [-0.1, -0.05) is 27.7 Å². The normalized spacial score (nSPS) is 28.7. The molecule has 1 saturated carbocycles. The highest BCUT2D eigenvalue weighted by Crippen LogP contribution is 2.49. The van der Waals surface area contributed by atoms with Crippen LogP contribution in [0.4, 0.5) is 0 Å². The lowest BCUT2D eigenvalue weighted by Gasteiger charge is -2.45. The average molecular weight is 197 g/mol. The smallest absolute Gasteiger partial charge is 0.00131 e. The van der Waals surface area contributed by atoms with E-state index >= 15 is 0 Å². The van der Waals surface area contributed by atoms with E-state index in [2.05, 4.69) is 34.6 Å². The van der Waals surface area contributed by atoms with Gasteiger partial charge in [0.1, 0.15) is 0 Å². The molecule has 0 saturated heterocycles. The van der Waals surface area contributed by atoms with Crippen LogP contribution in [0.2, 0.25) is 0 Å². The number of rotatable bonds is 2. The van der Waals surface area contributed by atoms with Crippen molar-refractivity contribution < 1.29 is 0 Å². The molecule has 1 atom stereocenters. The highest BCUT2D eigenvalue weighted by Gasteiger charge is 2.38. The second kappa shape index (κ2) is 3.84. The molecule has 0 bridgehead atoms. The van der Waals surface area contributed by atoms with E-state index in [1.165, 1.54) is 25.7 Å². The zero-order valence-corrected chi connectivity index (χ0v) is 10.6. The zero-order valence-electron chi connectivity index (χ0n) is 10.6. The molecule has 84 valence electrons. The van der Waals surface area contributed by atoms with Gasteiger partial charge in [0.25, 0.3) is 0 Å². The first-order valence-electron chi connectivity index (χ1n) is 5.96. The standard InChI is InChI=1S/C13H27N/c1-10(14)6-11-7-12(2,3)9-13(4,5)8-11/h10-11H,6-9,14H2,1-5H3. The Balaban J connectivity index is 2.62. The van der Waals surface area contributed by atoms with Gasteiger partial charge in [0, 0.05) is 6.04 Å². The third kappa shape index (κ3) is 3.61. The highest BCUT2D eigenvalue weighted by atomic mass is 14.6. The Kier molecular flexibility index (Phi) is 3.30. The van der Waals surface area contributed by atoms with E-state index in [1.54, 1.807) is 0 Å². The summed E-state index contributed by atoms with van der Waals surface area (Å²) in [7, 11) is 0. The molecule has 1 nitrogen and oxygen atoms in total. The zero-order chi connectivity index (χ0) is 11.0. The average Bonchev–Trinajstić information content (AvgIpc) is 1.74. The van der Waals surface area contributed by atoms with E-state index in [1.807, 2.05) is 0 Å². The first-order chi connectivity index (χ1) is 6.20. The van der Waals surface area contributed by atoms with Crippen LogP contribution in [-0.4, -0.2) is 6.04 Å². The molecule has 1 aliphatic rings. The molecule has 1 aliphatic carbocycles. The minimum atomic E-state index is 0.365. The second-order valence-electron chi connectivity index (χ2n) is 6.99. The molecule has 0 aliphatic heterocycles. The molecule has 0 heterocycles. The summed E-state index contributed by atoms with van der Waals surface area (Å²) in [5.74, 6) is 0.841. The predicted octanol–water partition coefficient (Wildman–Crippen LogP) is 3.58. The third-order valence-electron chi connectivity index (χ3n) is 3.34. The minimum Gasteiger partial charge on any atom is -0.328 e. The van der Waals surface area contributed by atoms with Crippen LogP contribution in [0.15, 0.2) is 0 Å². The molecule has 1 fully saturated rings. The number of nitrogens with two attached hydrogens (primary N) is 1. The summed E-state index contributed by atoms with van der Waals surface area (Å²) in [4.78, 5) is 0. The molecule has 1 rings (SSSR count). The van der Waals surface area contributed by atoms with Gasteiger partial charge >= 0.3 is 0 Å². The molecule has 0 aromatic carbocycles. The summed E-state index contributed by atoms with van der Waals surface area (Å²) in [5.41, 5.74) is 6.93. The largest absolute Gasteiger partial charge is 0.328 e. The van der Waals surface area contributed by atoms with E-state index < -0.39 is 0 Å². The van der Waals surface area contributed by atoms with Gasteiger partial charge in [-0.05, 0) is 49.4 Å². The first kappa shape index (κ1) is 12.0. The van der Waals surface area contributed by atoms with Crippen LogP contribution in [-0.2, 0) is 0 Å². The third-order valence-corrected chi connectivity index (χ3v) is 3.34. The van der Waals surface area contributed by atoms with Crippen molar-refractivity contribution >= 4 is 0 Å². The van der Waals surface area contributed by atoms with Gasteiger partial charge < -0.3 is 5.73 Å². The summed E-state index contributed by atoms with van der Waals surface area (Å²) >= 11 is 0. The molecule has 1 unspecified atom stereocenters. The second-order valence-corrected chi connectivity index (χ2v) is 6.99. The number of hydrogen-bond donors (Lipinski definition) is 1. The van der Waals surface area contributed by atoms with Gasteiger partial charge in [-0.3, -0.25) is 0 Å². The van der Waals surface area contributed by atoms with Crippen molar-refractivity contribution in [2.24, 2.45) is 22.5 Å². The van der Waals surface area contributed by atoms with Gasteiger partial charge in [-0.25, -0.2) is 0 Å². The van der Waals surface area contributed by atoms with Crippen molar-refractivity contribution in [2.45, 2.75) is 66.3 Å². The van der Waals surface area contributed by atoms with Crippen molar-refractivity contribution in [1.29, 1.82) is 0 Å². The Morgan fingerprint density at radius 1 is 1.14 bits per heavy atom. The van der Waals surface area contributed by atoms with E-state index in [0.717, 1.165) is 5.92 Å². The molecule has 2 N–H and O–H groups in total. The maximum Gasteiger partial charge on any atom is 0.00131 e. The Morgan fingerprint density at radius 2 is 1.57 bits per heavy atom. The molecule has 0 radical (unpaired) electrons. The summed E-state index contributed by atoms with van der Waals surface area (Å²) in [6.45, 7) is 11.8. The Bertz CT molecular complexity index is 175. The van der Waals surface area contributed by atoms with Gasteiger partial charge in [-0.15, -0.1) is 0 Å². The van der Waals surface area contributed by atoms with Crippen LogP contribution in [0.1, 0.15) is 60.3 Å². The van der Waals surface area contributed by atoms with Crippen molar-refractivity contribution in [3.63, 3.8) is 0 Å². The van der Waals surface area contributed by atoms with Crippen molar-refractivity contribution in [2.75, 3.05) is 0 Å². The highest BCUT2D eigenvalue weighted by molar-refractivity contribution is 4.89. The monoisotopic (exact) mass is 197 g/mol. The topological polar surface area (TPSA) is 26.0 Å². The predicted molar refractivity (Wildman–Crippen MR) is 63.2 cm³/mol. The maximum atomic E-state index is 5.90. The Morgan fingerprint density at radius 3 is 1.93 bits per heavy atom. The molecule has 0 amide bonds. The fraction of sp³-hybridized carbons (Fsp3) is 1.00. The van der Waals surface area contributed by atoms with Gasteiger partial charge in [0.2, 0.25) is 0 Å². The van der Waals surface area contributed by atoms with Gasteiger partial charge in [0.15, 0.2) is 0 Å². The lowest BCUT2D eigenvalue weighted by Crippen LogP contribution is -2.36.